The van der Waals surface area contributed by atoms with Crippen LogP contribution < -0.4 is 10.6 Å². The number of alkyl halides is 3. The summed E-state index contributed by atoms with van der Waals surface area (Å²) in [6, 6.07) is 10.4. The van der Waals surface area contributed by atoms with Gasteiger partial charge in [-0.3, -0.25) is 9.59 Å². The first-order chi connectivity index (χ1) is 16.4. The third-order valence-electron chi connectivity index (χ3n) is 4.46. The van der Waals surface area contributed by atoms with Crippen molar-refractivity contribution in [3.8, 4) is 0 Å². The average molecular weight is 516 g/mol. The van der Waals surface area contributed by atoms with Crippen molar-refractivity contribution in [2.45, 2.75) is 18.7 Å². The predicted molar refractivity (Wildman–Crippen MR) is 121 cm³/mol. The van der Waals surface area contributed by atoms with Gasteiger partial charge in [0, 0.05) is 14.1 Å². The van der Waals surface area contributed by atoms with Crippen molar-refractivity contribution < 1.29 is 36.7 Å². The van der Waals surface area contributed by atoms with Crippen molar-refractivity contribution in [2.75, 3.05) is 20.8 Å². The molecular formula is C23H22ClF4N3O4. The third-order valence-corrected chi connectivity index (χ3v) is 4.81. The van der Waals surface area contributed by atoms with E-state index in [-0.39, 0.29) is 11.1 Å². The number of ether oxygens (including phenoxy) is 1. The van der Waals surface area contributed by atoms with Gasteiger partial charge in [0.1, 0.15) is 11.9 Å². The topological polar surface area (TPSA) is 87.7 Å². The highest BCUT2D eigenvalue weighted by Crippen LogP contribution is 2.32. The number of hydrogen-bond acceptors (Lipinski definition) is 4. The summed E-state index contributed by atoms with van der Waals surface area (Å²) in [6.45, 7) is -0.541. The van der Waals surface area contributed by atoms with E-state index in [9.17, 15) is 31.9 Å². The molecule has 1 atom stereocenters. The zero-order valence-corrected chi connectivity index (χ0v) is 19.4. The molecule has 0 bridgehead atoms. The molecule has 188 valence electrons. The second-order valence-corrected chi connectivity index (χ2v) is 7.82. The fourth-order valence-electron chi connectivity index (χ4n) is 2.73. The molecule has 1 unspecified atom stereocenters. The van der Waals surface area contributed by atoms with Crippen LogP contribution in [0.3, 0.4) is 0 Å². The lowest BCUT2D eigenvalue weighted by Crippen LogP contribution is -2.40. The molecule has 0 heterocycles. The van der Waals surface area contributed by atoms with Crippen LogP contribution in [-0.2, 0) is 15.7 Å². The number of benzene rings is 2. The second-order valence-electron chi connectivity index (χ2n) is 7.38. The van der Waals surface area contributed by atoms with Crippen LogP contribution in [0.2, 0.25) is 0 Å². The van der Waals surface area contributed by atoms with Gasteiger partial charge in [0.15, 0.2) is 0 Å². The average Bonchev–Trinajstić information content (AvgIpc) is 2.78. The van der Waals surface area contributed by atoms with Gasteiger partial charge in [-0.15, -0.1) is 0 Å². The van der Waals surface area contributed by atoms with E-state index in [0.29, 0.717) is 17.7 Å². The Morgan fingerprint density at radius 1 is 1.09 bits per heavy atom. The van der Waals surface area contributed by atoms with Crippen LogP contribution in [-0.4, -0.2) is 49.7 Å². The minimum absolute atomic E-state index is 0.0479. The van der Waals surface area contributed by atoms with Crippen LogP contribution in [0, 0.1) is 5.82 Å². The summed E-state index contributed by atoms with van der Waals surface area (Å²) < 4.78 is 57.8. The molecule has 0 radical (unpaired) electrons. The van der Waals surface area contributed by atoms with Crippen molar-refractivity contribution in [3.05, 3.63) is 76.1 Å². The zero-order valence-electron chi connectivity index (χ0n) is 18.7. The van der Waals surface area contributed by atoms with E-state index in [0.717, 1.165) is 4.90 Å². The van der Waals surface area contributed by atoms with Gasteiger partial charge in [-0.2, -0.15) is 13.2 Å². The molecule has 2 aromatic carbocycles. The Hall–Kier alpha value is -3.60. The molecule has 2 N–H and O–H groups in total. The molecule has 3 amide bonds. The van der Waals surface area contributed by atoms with Gasteiger partial charge >= 0.3 is 12.3 Å². The molecule has 2 aromatic rings. The Bertz CT molecular complexity index is 1090. The molecule has 0 aromatic heterocycles. The van der Waals surface area contributed by atoms with Crippen LogP contribution in [0.25, 0.3) is 6.08 Å². The quantitative estimate of drug-likeness (QED) is 0.403. The Labute approximate surface area is 203 Å². The molecule has 0 fully saturated rings. The summed E-state index contributed by atoms with van der Waals surface area (Å²) in [5.74, 6) is -3.03. The zero-order chi connectivity index (χ0) is 26.2. The molecule has 0 aliphatic rings. The first-order valence-corrected chi connectivity index (χ1v) is 10.5. The van der Waals surface area contributed by atoms with Crippen LogP contribution in [0.15, 0.2) is 53.6 Å². The number of rotatable bonds is 8. The second kappa shape index (κ2) is 12.2. The molecule has 7 nitrogen and oxygen atoms in total. The normalized spacial score (nSPS) is 12.5. The van der Waals surface area contributed by atoms with Crippen LogP contribution in [0.5, 0.6) is 0 Å². The van der Waals surface area contributed by atoms with E-state index in [1.807, 2.05) is 0 Å². The number of hydrogen-bond donors (Lipinski definition) is 2. The molecule has 0 saturated carbocycles. The molecule has 2 rings (SSSR count). The van der Waals surface area contributed by atoms with Gasteiger partial charge in [0.05, 0.1) is 29.2 Å². The van der Waals surface area contributed by atoms with Crippen molar-refractivity contribution in [3.63, 3.8) is 0 Å². The summed E-state index contributed by atoms with van der Waals surface area (Å²) in [5, 5.41) is 4.44. The van der Waals surface area contributed by atoms with E-state index in [1.165, 1.54) is 20.2 Å². The highest BCUT2D eigenvalue weighted by Gasteiger charge is 2.35. The lowest BCUT2D eigenvalue weighted by Gasteiger charge is -2.20. The van der Waals surface area contributed by atoms with E-state index in [1.54, 1.807) is 30.3 Å². The molecule has 12 heteroatoms. The molecular weight excluding hydrogens is 494 g/mol. The first-order valence-electron chi connectivity index (χ1n) is 10.1. The Kier molecular flexibility index (Phi) is 9.64. The molecule has 0 spiro atoms. The summed E-state index contributed by atoms with van der Waals surface area (Å²) in [7, 11) is 2.88. The number of nitrogens with zero attached hydrogens (tertiary/aromatic N) is 1. The summed E-state index contributed by atoms with van der Waals surface area (Å²) in [5.41, 5.74) is -1.56. The SMILES string of the molecule is CN(C)C(=O)OC(CC(=O)NCNC(=O)c1ccc(F)cc1C(F)(F)F)/C(Cl)=C/c1ccccc1. The standard InChI is InChI=1S/C23H22ClF4N3O4/c1-31(2)22(34)35-19(18(24)10-14-6-4-3-5-7-14)12-20(32)29-13-30-21(33)16-9-8-15(25)11-17(16)23(26,27)28/h3-11,19H,12-13H2,1-2H3,(H,29,32)(H,30,33)/b18-10-. The monoisotopic (exact) mass is 515 g/mol. The number of carbonyl (C=O) groups excluding carboxylic acids is 3. The predicted octanol–water partition coefficient (Wildman–Crippen LogP) is 4.38. The minimum atomic E-state index is -4.95. The first kappa shape index (κ1) is 27.6. The fourth-order valence-corrected chi connectivity index (χ4v) is 2.98. The molecule has 35 heavy (non-hydrogen) atoms. The van der Waals surface area contributed by atoms with Crippen LogP contribution in [0.1, 0.15) is 27.9 Å². The maximum Gasteiger partial charge on any atom is 0.417 e. The van der Waals surface area contributed by atoms with E-state index in [4.69, 9.17) is 16.3 Å². The largest absolute Gasteiger partial charge is 0.440 e. The summed E-state index contributed by atoms with van der Waals surface area (Å²) >= 11 is 6.29. The smallest absolute Gasteiger partial charge is 0.417 e. The van der Waals surface area contributed by atoms with Gasteiger partial charge < -0.3 is 20.3 Å². The maximum absolute atomic E-state index is 13.2. The number of halogens is 5. The number of amides is 3. The lowest BCUT2D eigenvalue weighted by molar-refractivity contribution is -0.138. The van der Waals surface area contributed by atoms with Crippen molar-refractivity contribution in [1.82, 2.24) is 15.5 Å². The number of carbonyl (C=O) groups is 3. The van der Waals surface area contributed by atoms with Gasteiger partial charge in [-0.25, -0.2) is 9.18 Å². The Balaban J connectivity index is 2.04. The van der Waals surface area contributed by atoms with E-state index >= 15 is 0 Å². The number of nitrogens with one attached hydrogen (secondary N) is 2. The van der Waals surface area contributed by atoms with Gasteiger partial charge in [-0.1, -0.05) is 41.9 Å². The van der Waals surface area contributed by atoms with Crippen molar-refractivity contribution >= 4 is 35.6 Å². The fraction of sp³-hybridized carbons (Fsp3) is 0.261. The lowest BCUT2D eigenvalue weighted by atomic mass is 10.1. The highest BCUT2D eigenvalue weighted by molar-refractivity contribution is 6.32. The van der Waals surface area contributed by atoms with Crippen LogP contribution >= 0.6 is 11.6 Å². The molecule has 0 aliphatic carbocycles. The van der Waals surface area contributed by atoms with Gasteiger partial charge in [0.2, 0.25) is 5.91 Å². The summed E-state index contributed by atoms with van der Waals surface area (Å²) in [4.78, 5) is 37.7. The Morgan fingerprint density at radius 3 is 2.34 bits per heavy atom. The Morgan fingerprint density at radius 2 is 1.74 bits per heavy atom. The van der Waals surface area contributed by atoms with Crippen molar-refractivity contribution in [1.29, 1.82) is 0 Å². The minimum Gasteiger partial charge on any atom is -0.440 e. The van der Waals surface area contributed by atoms with E-state index in [2.05, 4.69) is 10.6 Å². The third kappa shape index (κ3) is 8.60. The van der Waals surface area contributed by atoms with Gasteiger partial charge in [-0.05, 0) is 29.8 Å². The molecule has 0 saturated heterocycles. The highest BCUT2D eigenvalue weighted by atomic mass is 35.5. The van der Waals surface area contributed by atoms with Crippen LogP contribution in [0.4, 0.5) is 22.4 Å². The van der Waals surface area contributed by atoms with Gasteiger partial charge in [0.25, 0.3) is 5.91 Å². The summed E-state index contributed by atoms with van der Waals surface area (Å²) in [6.07, 6.45) is -5.80. The maximum atomic E-state index is 13.2. The van der Waals surface area contributed by atoms with Crippen molar-refractivity contribution in [2.24, 2.45) is 0 Å². The molecule has 0 aliphatic heterocycles. The van der Waals surface area contributed by atoms with E-state index < -0.39 is 60.2 Å².